The molecule has 2 heterocycles. The van der Waals surface area contributed by atoms with E-state index in [4.69, 9.17) is 17.3 Å². The van der Waals surface area contributed by atoms with Crippen LogP contribution in [0.15, 0.2) is 36.7 Å². The largest absolute Gasteiger partial charge is 0.396 e. The fraction of sp³-hybridized carbons (Fsp3) is 0. The number of anilines is 2. The predicted molar refractivity (Wildman–Crippen MR) is 81.2 cm³/mol. The normalized spacial score (nSPS) is 10.7. The number of halogens is 1. The SMILES string of the molecule is Nc1c(C(=O)Nc2ccccc2Cl)sc2nccnc12. The van der Waals surface area contributed by atoms with E-state index in [0.29, 0.717) is 31.6 Å². The van der Waals surface area contributed by atoms with Crippen molar-refractivity contribution in [2.75, 3.05) is 11.1 Å². The van der Waals surface area contributed by atoms with Crippen molar-refractivity contribution in [3.05, 3.63) is 46.6 Å². The zero-order chi connectivity index (χ0) is 14.1. The quantitative estimate of drug-likeness (QED) is 0.762. The lowest BCUT2D eigenvalue weighted by Gasteiger charge is -2.05. The average Bonchev–Trinajstić information content (AvgIpc) is 2.79. The molecule has 0 atom stereocenters. The highest BCUT2D eigenvalue weighted by Crippen LogP contribution is 2.31. The summed E-state index contributed by atoms with van der Waals surface area (Å²) in [4.78, 5) is 21.5. The van der Waals surface area contributed by atoms with Gasteiger partial charge in [0.15, 0.2) is 0 Å². The van der Waals surface area contributed by atoms with E-state index in [1.54, 1.807) is 36.7 Å². The Kier molecular flexibility index (Phi) is 3.25. The van der Waals surface area contributed by atoms with Gasteiger partial charge in [0.2, 0.25) is 0 Å². The van der Waals surface area contributed by atoms with Crippen molar-refractivity contribution >= 4 is 50.6 Å². The third-order valence-corrected chi connectivity index (χ3v) is 4.12. The molecule has 1 aromatic carbocycles. The smallest absolute Gasteiger partial charge is 0.268 e. The second-order valence-corrected chi connectivity index (χ2v) is 5.40. The third kappa shape index (κ3) is 2.19. The van der Waals surface area contributed by atoms with E-state index in [1.807, 2.05) is 0 Å². The summed E-state index contributed by atoms with van der Waals surface area (Å²) in [6.07, 6.45) is 3.11. The van der Waals surface area contributed by atoms with E-state index >= 15 is 0 Å². The Morgan fingerprint density at radius 3 is 2.75 bits per heavy atom. The van der Waals surface area contributed by atoms with Crippen molar-refractivity contribution in [2.45, 2.75) is 0 Å². The molecular weight excluding hydrogens is 296 g/mol. The van der Waals surface area contributed by atoms with Crippen LogP contribution in [0, 0.1) is 0 Å². The Morgan fingerprint density at radius 2 is 2.00 bits per heavy atom. The van der Waals surface area contributed by atoms with Gasteiger partial charge in [0, 0.05) is 12.4 Å². The van der Waals surface area contributed by atoms with Gasteiger partial charge in [-0.05, 0) is 12.1 Å². The number of benzene rings is 1. The van der Waals surface area contributed by atoms with Crippen LogP contribution in [-0.2, 0) is 0 Å². The lowest BCUT2D eigenvalue weighted by Crippen LogP contribution is -2.12. The van der Waals surface area contributed by atoms with Crippen LogP contribution < -0.4 is 11.1 Å². The van der Waals surface area contributed by atoms with Gasteiger partial charge in [-0.1, -0.05) is 23.7 Å². The Labute approximate surface area is 123 Å². The van der Waals surface area contributed by atoms with E-state index in [9.17, 15) is 4.79 Å². The van der Waals surface area contributed by atoms with Gasteiger partial charge in [-0.2, -0.15) is 0 Å². The van der Waals surface area contributed by atoms with Crippen molar-refractivity contribution in [3.63, 3.8) is 0 Å². The number of fused-ring (bicyclic) bond motifs is 1. The first-order chi connectivity index (χ1) is 9.66. The third-order valence-electron chi connectivity index (χ3n) is 2.69. The molecular formula is C13H9ClN4OS. The predicted octanol–water partition coefficient (Wildman–Crippen LogP) is 3.18. The van der Waals surface area contributed by atoms with Crippen LogP contribution in [0.5, 0.6) is 0 Å². The molecule has 2 aromatic heterocycles. The monoisotopic (exact) mass is 304 g/mol. The summed E-state index contributed by atoms with van der Waals surface area (Å²) >= 11 is 7.21. The molecule has 0 radical (unpaired) electrons. The number of nitrogen functional groups attached to an aromatic ring is 1. The summed E-state index contributed by atoms with van der Waals surface area (Å²) in [5.74, 6) is -0.319. The highest BCUT2D eigenvalue weighted by molar-refractivity contribution is 7.21. The molecule has 3 rings (SSSR count). The lowest BCUT2D eigenvalue weighted by molar-refractivity contribution is 0.103. The summed E-state index contributed by atoms with van der Waals surface area (Å²) in [6.45, 7) is 0. The summed E-state index contributed by atoms with van der Waals surface area (Å²) in [7, 11) is 0. The minimum Gasteiger partial charge on any atom is -0.396 e. The van der Waals surface area contributed by atoms with Crippen molar-refractivity contribution in [1.82, 2.24) is 9.97 Å². The molecule has 20 heavy (non-hydrogen) atoms. The van der Waals surface area contributed by atoms with Gasteiger partial charge in [0.05, 0.1) is 16.4 Å². The number of para-hydroxylation sites is 1. The maximum Gasteiger partial charge on any atom is 0.268 e. The lowest BCUT2D eigenvalue weighted by atomic mass is 10.3. The van der Waals surface area contributed by atoms with Crippen LogP contribution in [0.3, 0.4) is 0 Å². The minimum absolute atomic E-state index is 0.319. The maximum atomic E-state index is 12.3. The fourth-order valence-electron chi connectivity index (χ4n) is 1.75. The molecule has 0 unspecified atom stereocenters. The van der Waals surface area contributed by atoms with E-state index in [-0.39, 0.29) is 5.91 Å². The first-order valence-corrected chi connectivity index (χ1v) is 6.91. The molecule has 0 fully saturated rings. The summed E-state index contributed by atoms with van der Waals surface area (Å²) in [5, 5.41) is 3.20. The number of carbonyl (C=O) groups excluding carboxylic acids is 1. The minimum atomic E-state index is -0.319. The number of hydrogen-bond donors (Lipinski definition) is 2. The molecule has 0 aliphatic heterocycles. The number of rotatable bonds is 2. The number of nitrogens with two attached hydrogens (primary N) is 1. The van der Waals surface area contributed by atoms with Gasteiger partial charge in [-0.3, -0.25) is 4.79 Å². The van der Waals surface area contributed by atoms with Crippen molar-refractivity contribution in [2.24, 2.45) is 0 Å². The number of amides is 1. The van der Waals surface area contributed by atoms with Gasteiger partial charge < -0.3 is 11.1 Å². The van der Waals surface area contributed by atoms with Crippen LogP contribution in [0.4, 0.5) is 11.4 Å². The molecule has 100 valence electrons. The molecule has 3 N–H and O–H groups in total. The molecule has 7 heteroatoms. The Balaban J connectivity index is 1.97. The van der Waals surface area contributed by atoms with E-state index in [2.05, 4.69) is 15.3 Å². The number of nitrogens with zero attached hydrogens (tertiary/aromatic N) is 2. The summed E-state index contributed by atoms with van der Waals surface area (Å²) in [6, 6.07) is 7.01. The first-order valence-electron chi connectivity index (χ1n) is 5.71. The molecule has 0 saturated carbocycles. The Hall–Kier alpha value is -2.18. The molecule has 3 aromatic rings. The van der Waals surface area contributed by atoms with Crippen molar-refractivity contribution in [1.29, 1.82) is 0 Å². The Bertz CT molecular complexity index is 802. The molecule has 0 spiro atoms. The van der Waals surface area contributed by atoms with E-state index < -0.39 is 0 Å². The fourth-order valence-corrected chi connectivity index (χ4v) is 2.85. The second-order valence-electron chi connectivity index (χ2n) is 3.99. The molecule has 0 aliphatic carbocycles. The summed E-state index contributed by atoms with van der Waals surface area (Å²) in [5.41, 5.74) is 7.36. The topological polar surface area (TPSA) is 80.9 Å². The molecule has 0 bridgehead atoms. The highest BCUT2D eigenvalue weighted by atomic mass is 35.5. The molecule has 0 aliphatic rings. The van der Waals surface area contributed by atoms with Crippen molar-refractivity contribution < 1.29 is 4.79 Å². The van der Waals surface area contributed by atoms with Gasteiger partial charge in [0.1, 0.15) is 15.2 Å². The second kappa shape index (κ2) is 5.07. The zero-order valence-electron chi connectivity index (χ0n) is 10.1. The standard InChI is InChI=1S/C13H9ClN4OS/c14-7-3-1-2-4-8(7)18-12(19)11-9(15)10-13(20-11)17-6-5-16-10/h1-6H,15H2,(H,18,19). The van der Waals surface area contributed by atoms with E-state index in [0.717, 1.165) is 0 Å². The van der Waals surface area contributed by atoms with Crippen LogP contribution >= 0.6 is 22.9 Å². The van der Waals surface area contributed by atoms with Gasteiger partial charge in [0.25, 0.3) is 5.91 Å². The van der Waals surface area contributed by atoms with Crippen LogP contribution in [-0.4, -0.2) is 15.9 Å². The van der Waals surface area contributed by atoms with Crippen LogP contribution in [0.1, 0.15) is 9.67 Å². The number of hydrogen-bond acceptors (Lipinski definition) is 5. The van der Waals surface area contributed by atoms with Gasteiger partial charge in [-0.25, -0.2) is 9.97 Å². The number of nitrogens with one attached hydrogen (secondary N) is 1. The molecule has 5 nitrogen and oxygen atoms in total. The van der Waals surface area contributed by atoms with E-state index in [1.165, 1.54) is 11.3 Å². The number of thiophene rings is 1. The maximum absolute atomic E-state index is 12.3. The molecule has 0 saturated heterocycles. The van der Waals surface area contributed by atoms with Crippen LogP contribution in [0.2, 0.25) is 5.02 Å². The van der Waals surface area contributed by atoms with Gasteiger partial charge >= 0.3 is 0 Å². The highest BCUT2D eigenvalue weighted by Gasteiger charge is 2.18. The number of aromatic nitrogens is 2. The van der Waals surface area contributed by atoms with Crippen molar-refractivity contribution in [3.8, 4) is 0 Å². The summed E-state index contributed by atoms with van der Waals surface area (Å²) < 4.78 is 0. The molecule has 1 amide bonds. The zero-order valence-corrected chi connectivity index (χ0v) is 11.7. The van der Waals surface area contributed by atoms with Crippen LogP contribution in [0.25, 0.3) is 10.3 Å². The first kappa shape index (κ1) is 12.8. The average molecular weight is 305 g/mol. The number of carbonyl (C=O) groups is 1. The van der Waals surface area contributed by atoms with Gasteiger partial charge in [-0.15, -0.1) is 11.3 Å². The Morgan fingerprint density at radius 1 is 1.25 bits per heavy atom.